The second-order valence-corrected chi connectivity index (χ2v) is 3.15. The molecule has 0 spiro atoms. The quantitative estimate of drug-likeness (QED) is 0.532. The summed E-state index contributed by atoms with van der Waals surface area (Å²) in [5.41, 5.74) is 0. The Hall–Kier alpha value is -0.670. The molecule has 0 aliphatic rings. The number of nitrogens with zero attached hydrogens (tertiary/aromatic N) is 1. The molecule has 0 bridgehead atoms. The van der Waals surface area contributed by atoms with Gasteiger partial charge in [-0.05, 0) is 0 Å². The van der Waals surface area contributed by atoms with Crippen molar-refractivity contribution in [2.75, 3.05) is 13.1 Å². The molecule has 2 nitrogen and oxygen atoms in total. The van der Waals surface area contributed by atoms with Crippen LogP contribution in [0.5, 0.6) is 0 Å². The number of rotatable bonds is 5. The Labute approximate surface area is 71.0 Å². The summed E-state index contributed by atoms with van der Waals surface area (Å²) >= 11 is 1.70. The zero-order valence-corrected chi connectivity index (χ0v) is 7.23. The van der Waals surface area contributed by atoms with Crippen molar-refractivity contribution < 1.29 is 0 Å². The Morgan fingerprint density at radius 3 is 3.27 bits per heavy atom. The molecule has 60 valence electrons. The van der Waals surface area contributed by atoms with Gasteiger partial charge >= 0.3 is 0 Å². The molecule has 1 heterocycles. The highest BCUT2D eigenvalue weighted by molar-refractivity contribution is 7.09. The molecule has 3 heteroatoms. The van der Waals surface area contributed by atoms with Gasteiger partial charge in [0, 0.05) is 31.1 Å². The number of nitrogens with one attached hydrogen (secondary N) is 1. The Balaban J connectivity index is 2.09. The van der Waals surface area contributed by atoms with Gasteiger partial charge in [0.2, 0.25) is 0 Å². The van der Waals surface area contributed by atoms with E-state index in [9.17, 15) is 0 Å². The lowest BCUT2D eigenvalue weighted by Crippen LogP contribution is -2.16. The Morgan fingerprint density at radius 2 is 2.64 bits per heavy atom. The molecule has 0 fully saturated rings. The molecular weight excluding hydrogens is 156 g/mol. The van der Waals surface area contributed by atoms with E-state index < -0.39 is 0 Å². The van der Waals surface area contributed by atoms with Gasteiger partial charge in [-0.25, -0.2) is 4.98 Å². The SMILES string of the molecule is C=CCNCCc1nccs1. The molecule has 0 aliphatic carbocycles. The van der Waals surface area contributed by atoms with Gasteiger partial charge in [-0.2, -0.15) is 0 Å². The zero-order chi connectivity index (χ0) is 7.94. The van der Waals surface area contributed by atoms with E-state index in [1.54, 1.807) is 11.3 Å². The maximum absolute atomic E-state index is 4.17. The van der Waals surface area contributed by atoms with Gasteiger partial charge in [0.15, 0.2) is 0 Å². The molecule has 0 radical (unpaired) electrons. The van der Waals surface area contributed by atoms with Crippen LogP contribution in [-0.4, -0.2) is 18.1 Å². The van der Waals surface area contributed by atoms with E-state index in [0.29, 0.717) is 0 Å². The van der Waals surface area contributed by atoms with Gasteiger partial charge in [-0.15, -0.1) is 17.9 Å². The third-order valence-corrected chi connectivity index (χ3v) is 2.13. The van der Waals surface area contributed by atoms with Crippen LogP contribution < -0.4 is 5.32 Å². The smallest absolute Gasteiger partial charge is 0.0937 e. The van der Waals surface area contributed by atoms with Crippen molar-refractivity contribution >= 4 is 11.3 Å². The molecule has 1 N–H and O–H groups in total. The maximum Gasteiger partial charge on any atom is 0.0937 e. The summed E-state index contributed by atoms with van der Waals surface area (Å²) in [6, 6.07) is 0. The number of hydrogen-bond donors (Lipinski definition) is 1. The van der Waals surface area contributed by atoms with Crippen LogP contribution in [0.15, 0.2) is 24.2 Å². The Kier molecular flexibility index (Phi) is 3.86. The molecule has 0 saturated heterocycles. The molecule has 0 atom stereocenters. The number of hydrogen-bond acceptors (Lipinski definition) is 3. The molecule has 11 heavy (non-hydrogen) atoms. The summed E-state index contributed by atoms with van der Waals surface area (Å²) < 4.78 is 0. The van der Waals surface area contributed by atoms with Crippen molar-refractivity contribution in [2.45, 2.75) is 6.42 Å². The fourth-order valence-electron chi connectivity index (χ4n) is 0.776. The minimum atomic E-state index is 0.880. The van der Waals surface area contributed by atoms with E-state index in [1.165, 1.54) is 5.01 Å². The Bertz CT molecular complexity index is 194. The van der Waals surface area contributed by atoms with Crippen LogP contribution in [0.1, 0.15) is 5.01 Å². The van der Waals surface area contributed by atoms with Gasteiger partial charge in [-0.3, -0.25) is 0 Å². The molecule has 0 aromatic carbocycles. The topological polar surface area (TPSA) is 24.9 Å². The first-order valence-electron chi connectivity index (χ1n) is 3.63. The van der Waals surface area contributed by atoms with Crippen LogP contribution in [0.2, 0.25) is 0 Å². The Morgan fingerprint density at radius 1 is 1.73 bits per heavy atom. The summed E-state index contributed by atoms with van der Waals surface area (Å²) in [5.74, 6) is 0. The molecule has 0 saturated carbocycles. The average molecular weight is 168 g/mol. The van der Waals surface area contributed by atoms with Crippen LogP contribution >= 0.6 is 11.3 Å². The number of aromatic nitrogens is 1. The fourth-order valence-corrected chi connectivity index (χ4v) is 1.40. The monoisotopic (exact) mass is 168 g/mol. The zero-order valence-electron chi connectivity index (χ0n) is 6.42. The lowest BCUT2D eigenvalue weighted by molar-refractivity contribution is 0.742. The van der Waals surface area contributed by atoms with E-state index in [1.807, 2.05) is 17.7 Å². The van der Waals surface area contributed by atoms with Crippen LogP contribution in [0.4, 0.5) is 0 Å². The first kappa shape index (κ1) is 8.43. The third-order valence-electron chi connectivity index (χ3n) is 1.29. The van der Waals surface area contributed by atoms with E-state index in [2.05, 4.69) is 16.9 Å². The molecule has 1 aromatic rings. The standard InChI is InChI=1S/C8H12N2S/c1-2-4-9-5-3-8-10-6-7-11-8/h2,6-7,9H,1,3-5H2. The van der Waals surface area contributed by atoms with Gasteiger partial charge in [0.05, 0.1) is 5.01 Å². The molecule has 0 aliphatic heterocycles. The second-order valence-electron chi connectivity index (χ2n) is 2.17. The van der Waals surface area contributed by atoms with Crippen molar-refractivity contribution in [1.82, 2.24) is 10.3 Å². The van der Waals surface area contributed by atoms with Crippen molar-refractivity contribution in [2.24, 2.45) is 0 Å². The minimum Gasteiger partial charge on any atom is -0.313 e. The largest absolute Gasteiger partial charge is 0.313 e. The maximum atomic E-state index is 4.17. The van der Waals surface area contributed by atoms with E-state index >= 15 is 0 Å². The normalized spacial score (nSPS) is 9.82. The highest BCUT2D eigenvalue weighted by Gasteiger charge is 1.92. The highest BCUT2D eigenvalue weighted by atomic mass is 32.1. The van der Waals surface area contributed by atoms with E-state index in [4.69, 9.17) is 0 Å². The molecule has 1 aromatic heterocycles. The van der Waals surface area contributed by atoms with Gasteiger partial charge in [-0.1, -0.05) is 6.08 Å². The molecule has 0 unspecified atom stereocenters. The van der Waals surface area contributed by atoms with E-state index in [-0.39, 0.29) is 0 Å². The van der Waals surface area contributed by atoms with Crippen molar-refractivity contribution in [1.29, 1.82) is 0 Å². The summed E-state index contributed by atoms with van der Waals surface area (Å²) in [6.45, 7) is 5.49. The fraction of sp³-hybridized carbons (Fsp3) is 0.375. The predicted molar refractivity (Wildman–Crippen MR) is 48.9 cm³/mol. The summed E-state index contributed by atoms with van der Waals surface area (Å²) in [7, 11) is 0. The van der Waals surface area contributed by atoms with Crippen LogP contribution in [0.25, 0.3) is 0 Å². The molecular formula is C8H12N2S. The third kappa shape index (κ3) is 3.30. The highest BCUT2D eigenvalue weighted by Crippen LogP contribution is 2.02. The number of thiazole rings is 1. The van der Waals surface area contributed by atoms with Crippen LogP contribution in [0, 0.1) is 0 Å². The lowest BCUT2D eigenvalue weighted by Gasteiger charge is -1.96. The van der Waals surface area contributed by atoms with Crippen molar-refractivity contribution in [3.63, 3.8) is 0 Å². The first-order valence-corrected chi connectivity index (χ1v) is 4.51. The van der Waals surface area contributed by atoms with Gasteiger partial charge in [0.1, 0.15) is 0 Å². The summed E-state index contributed by atoms with van der Waals surface area (Å²) in [6.07, 6.45) is 4.72. The summed E-state index contributed by atoms with van der Waals surface area (Å²) in [5, 5.41) is 6.42. The van der Waals surface area contributed by atoms with Gasteiger partial charge in [0.25, 0.3) is 0 Å². The van der Waals surface area contributed by atoms with Crippen LogP contribution in [-0.2, 0) is 6.42 Å². The predicted octanol–water partition coefficient (Wildman–Crippen LogP) is 1.46. The molecule has 1 rings (SSSR count). The second kappa shape index (κ2) is 5.04. The van der Waals surface area contributed by atoms with Gasteiger partial charge < -0.3 is 5.32 Å². The van der Waals surface area contributed by atoms with Crippen molar-refractivity contribution in [3.05, 3.63) is 29.2 Å². The van der Waals surface area contributed by atoms with Crippen molar-refractivity contribution in [3.8, 4) is 0 Å². The first-order chi connectivity index (χ1) is 5.43. The van der Waals surface area contributed by atoms with E-state index in [0.717, 1.165) is 19.5 Å². The minimum absolute atomic E-state index is 0.880. The summed E-state index contributed by atoms with van der Waals surface area (Å²) in [4.78, 5) is 4.17. The molecule has 0 amide bonds. The van der Waals surface area contributed by atoms with Crippen LogP contribution in [0.3, 0.4) is 0 Å². The average Bonchev–Trinajstić information content (AvgIpc) is 2.50. The lowest BCUT2D eigenvalue weighted by atomic mass is 10.4.